The summed E-state index contributed by atoms with van der Waals surface area (Å²) in [6, 6.07) is 23.6. The highest BCUT2D eigenvalue weighted by molar-refractivity contribution is 5.91. The lowest BCUT2D eigenvalue weighted by molar-refractivity contribution is 0.169. The molecule has 0 bridgehead atoms. The highest BCUT2D eigenvalue weighted by atomic mass is 16.6. The van der Waals surface area contributed by atoms with Gasteiger partial charge in [0, 0.05) is 30.6 Å². The molecule has 4 heterocycles. The normalized spacial score (nSPS) is 12.7. The molecule has 0 aliphatic carbocycles. The number of hydrogen-bond acceptors (Lipinski definition) is 6. The van der Waals surface area contributed by atoms with Gasteiger partial charge in [0.2, 0.25) is 0 Å². The minimum Gasteiger partial charge on any atom is -0.486 e. The smallest absolute Gasteiger partial charge is 0.332 e. The fourth-order valence-corrected chi connectivity index (χ4v) is 5.44. The Morgan fingerprint density at radius 1 is 0.825 bits per heavy atom. The zero-order chi connectivity index (χ0) is 27.2. The van der Waals surface area contributed by atoms with Crippen molar-refractivity contribution in [3.63, 3.8) is 0 Å². The molecule has 1 aliphatic rings. The van der Waals surface area contributed by atoms with E-state index in [0.29, 0.717) is 48.0 Å². The number of para-hydroxylation sites is 1. The van der Waals surface area contributed by atoms with Gasteiger partial charge in [0.25, 0.3) is 5.56 Å². The van der Waals surface area contributed by atoms with E-state index in [0.717, 1.165) is 32.0 Å². The first kappa shape index (κ1) is 23.9. The SMILES string of the molecule is Cn1c(=O)c2c(-c3ccncc3)n(Cc3cccc4ccccc34)nc2n(Cc2cccc3c2OCCO3)c1=O. The third kappa shape index (κ3) is 3.86. The van der Waals surface area contributed by atoms with E-state index in [2.05, 4.69) is 29.2 Å². The van der Waals surface area contributed by atoms with Gasteiger partial charge >= 0.3 is 5.69 Å². The Bertz CT molecular complexity index is 2020. The molecule has 1 aliphatic heterocycles. The van der Waals surface area contributed by atoms with Crippen molar-refractivity contribution in [2.24, 2.45) is 7.05 Å². The maximum Gasteiger partial charge on any atom is 0.332 e. The molecule has 9 nitrogen and oxygen atoms in total. The number of rotatable bonds is 5. The Morgan fingerprint density at radius 3 is 2.45 bits per heavy atom. The van der Waals surface area contributed by atoms with Gasteiger partial charge in [0.15, 0.2) is 17.1 Å². The quantitative estimate of drug-likeness (QED) is 0.334. The molecule has 6 aromatic rings. The van der Waals surface area contributed by atoms with Crippen LogP contribution in [0.2, 0.25) is 0 Å². The van der Waals surface area contributed by atoms with E-state index in [1.165, 1.54) is 11.6 Å². The lowest BCUT2D eigenvalue weighted by Gasteiger charge is -2.21. The van der Waals surface area contributed by atoms with Crippen LogP contribution in [0, 0.1) is 0 Å². The zero-order valence-electron chi connectivity index (χ0n) is 21.8. The van der Waals surface area contributed by atoms with Crippen molar-refractivity contribution in [3.05, 3.63) is 117 Å². The topological polar surface area (TPSA) is 93.2 Å². The summed E-state index contributed by atoms with van der Waals surface area (Å²) in [6.45, 7) is 1.46. The second-order valence-corrected chi connectivity index (χ2v) is 9.75. The second-order valence-electron chi connectivity index (χ2n) is 9.75. The third-order valence-corrected chi connectivity index (χ3v) is 7.36. The predicted molar refractivity (Wildman–Crippen MR) is 152 cm³/mol. The molecule has 3 aromatic carbocycles. The van der Waals surface area contributed by atoms with Gasteiger partial charge in [-0.15, -0.1) is 0 Å². The van der Waals surface area contributed by atoms with E-state index in [-0.39, 0.29) is 6.54 Å². The van der Waals surface area contributed by atoms with Crippen molar-refractivity contribution in [3.8, 4) is 22.8 Å². The van der Waals surface area contributed by atoms with Crippen molar-refractivity contribution in [2.45, 2.75) is 13.1 Å². The third-order valence-electron chi connectivity index (χ3n) is 7.36. The van der Waals surface area contributed by atoms with Crippen molar-refractivity contribution in [2.75, 3.05) is 13.2 Å². The van der Waals surface area contributed by atoms with Crippen LogP contribution in [0.4, 0.5) is 0 Å². The molecule has 7 rings (SSSR count). The van der Waals surface area contributed by atoms with Gasteiger partial charge in [-0.25, -0.2) is 4.79 Å². The Morgan fingerprint density at radius 2 is 1.57 bits per heavy atom. The van der Waals surface area contributed by atoms with Crippen LogP contribution in [-0.2, 0) is 20.1 Å². The summed E-state index contributed by atoms with van der Waals surface area (Å²) in [5, 5.41) is 7.52. The molecule has 0 amide bonds. The molecule has 0 saturated carbocycles. The first-order valence-electron chi connectivity index (χ1n) is 13.0. The van der Waals surface area contributed by atoms with Crippen LogP contribution in [-0.4, -0.2) is 37.1 Å². The van der Waals surface area contributed by atoms with Gasteiger partial charge < -0.3 is 9.47 Å². The molecule has 0 saturated heterocycles. The lowest BCUT2D eigenvalue weighted by atomic mass is 10.0. The summed E-state index contributed by atoms with van der Waals surface area (Å²) in [4.78, 5) is 31.4. The molecular weight excluding hydrogens is 506 g/mol. The fourth-order valence-electron chi connectivity index (χ4n) is 5.44. The molecular formula is C31H25N5O4. The van der Waals surface area contributed by atoms with Gasteiger partial charge in [-0.05, 0) is 34.5 Å². The van der Waals surface area contributed by atoms with E-state index in [4.69, 9.17) is 14.6 Å². The number of pyridine rings is 1. The number of nitrogens with zero attached hydrogens (tertiary/aromatic N) is 5. The van der Waals surface area contributed by atoms with Gasteiger partial charge in [-0.1, -0.05) is 54.6 Å². The first-order chi connectivity index (χ1) is 19.6. The van der Waals surface area contributed by atoms with E-state index in [1.807, 2.05) is 53.2 Å². The first-order valence-corrected chi connectivity index (χ1v) is 13.0. The molecule has 9 heteroatoms. The molecule has 0 spiro atoms. The van der Waals surface area contributed by atoms with Crippen molar-refractivity contribution in [1.29, 1.82) is 0 Å². The molecule has 40 heavy (non-hydrogen) atoms. The summed E-state index contributed by atoms with van der Waals surface area (Å²) in [6.07, 6.45) is 3.37. The highest BCUT2D eigenvalue weighted by Crippen LogP contribution is 2.35. The van der Waals surface area contributed by atoms with E-state index >= 15 is 0 Å². The molecule has 0 unspecified atom stereocenters. The Labute approximate surface area is 228 Å². The van der Waals surface area contributed by atoms with Crippen LogP contribution in [0.3, 0.4) is 0 Å². The number of fused-ring (bicyclic) bond motifs is 3. The van der Waals surface area contributed by atoms with Gasteiger partial charge in [0.1, 0.15) is 18.6 Å². The minimum absolute atomic E-state index is 0.164. The molecule has 0 radical (unpaired) electrons. The zero-order valence-corrected chi connectivity index (χ0v) is 21.8. The second kappa shape index (κ2) is 9.53. The van der Waals surface area contributed by atoms with Gasteiger partial charge in [-0.3, -0.25) is 23.6 Å². The summed E-state index contributed by atoms with van der Waals surface area (Å²) in [5.41, 5.74) is 2.70. The molecule has 0 atom stereocenters. The Kier molecular flexibility index (Phi) is 5.70. The van der Waals surface area contributed by atoms with Crippen molar-refractivity contribution in [1.82, 2.24) is 23.9 Å². The lowest BCUT2D eigenvalue weighted by Crippen LogP contribution is -2.38. The fraction of sp³-hybridized carbons (Fsp3) is 0.161. The predicted octanol–water partition coefficient (Wildman–Crippen LogP) is 3.98. The number of hydrogen-bond donors (Lipinski definition) is 0. The van der Waals surface area contributed by atoms with E-state index in [1.54, 1.807) is 12.4 Å². The Hall–Kier alpha value is -5.18. The average Bonchev–Trinajstić information content (AvgIpc) is 3.38. The maximum atomic E-state index is 13.7. The molecule has 198 valence electrons. The van der Waals surface area contributed by atoms with Gasteiger partial charge in [-0.2, -0.15) is 5.10 Å². The maximum absolute atomic E-state index is 13.7. The summed E-state index contributed by atoms with van der Waals surface area (Å²) in [7, 11) is 1.50. The van der Waals surface area contributed by atoms with Crippen LogP contribution in [0.15, 0.2) is 94.8 Å². The van der Waals surface area contributed by atoms with Crippen LogP contribution < -0.4 is 20.7 Å². The highest BCUT2D eigenvalue weighted by Gasteiger charge is 2.24. The van der Waals surface area contributed by atoms with Crippen LogP contribution >= 0.6 is 0 Å². The Balaban J connectivity index is 1.48. The molecule has 0 fully saturated rings. The summed E-state index contributed by atoms with van der Waals surface area (Å²) < 4.78 is 16.2. The average molecular weight is 532 g/mol. The van der Waals surface area contributed by atoms with E-state index < -0.39 is 11.2 Å². The summed E-state index contributed by atoms with van der Waals surface area (Å²) >= 11 is 0. The monoisotopic (exact) mass is 531 g/mol. The van der Waals surface area contributed by atoms with Crippen LogP contribution in [0.25, 0.3) is 33.1 Å². The number of aromatic nitrogens is 5. The summed E-state index contributed by atoms with van der Waals surface area (Å²) in [5.74, 6) is 1.24. The van der Waals surface area contributed by atoms with E-state index in [9.17, 15) is 9.59 Å². The molecule has 3 aromatic heterocycles. The minimum atomic E-state index is -0.456. The number of benzene rings is 3. The standard InChI is InChI=1S/C31H25N5O4/c1-34-30(37)26-27(21-12-14-32-15-13-21)36(19-22-8-4-7-20-6-2-3-10-24(20)22)33-29(26)35(31(34)38)18-23-9-5-11-25-28(23)40-17-16-39-25/h2-15H,16-19H2,1H3. The number of ether oxygens (including phenoxy) is 2. The van der Waals surface area contributed by atoms with Crippen LogP contribution in [0.5, 0.6) is 11.5 Å². The largest absolute Gasteiger partial charge is 0.486 e. The van der Waals surface area contributed by atoms with Crippen molar-refractivity contribution >= 4 is 21.8 Å². The molecule has 0 N–H and O–H groups in total. The van der Waals surface area contributed by atoms with Crippen molar-refractivity contribution < 1.29 is 9.47 Å². The van der Waals surface area contributed by atoms with Crippen LogP contribution in [0.1, 0.15) is 11.1 Å². The van der Waals surface area contributed by atoms with Gasteiger partial charge in [0.05, 0.1) is 18.8 Å².